The largest absolute Gasteiger partial charge is 0.496 e. The smallest absolute Gasteiger partial charge is 0.315 e. The third kappa shape index (κ3) is 7.97. The monoisotopic (exact) mass is 451 g/mol. The maximum absolute atomic E-state index is 12.0. The van der Waals surface area contributed by atoms with Crippen LogP contribution < -0.4 is 20.7 Å². The Balaban J connectivity index is 2.04. The zero-order valence-electron chi connectivity index (χ0n) is 20.5. The zero-order valence-corrected chi connectivity index (χ0v) is 20.5. The Hall–Kier alpha value is -3.28. The van der Waals surface area contributed by atoms with Crippen LogP contribution in [0.1, 0.15) is 51.7 Å². The number of carbonyl (C=O) groups is 2. The van der Waals surface area contributed by atoms with Crippen molar-refractivity contribution in [1.29, 1.82) is 0 Å². The van der Waals surface area contributed by atoms with Gasteiger partial charge in [0, 0.05) is 30.6 Å². The third-order valence-corrected chi connectivity index (χ3v) is 5.26. The van der Waals surface area contributed by atoms with Gasteiger partial charge < -0.3 is 20.7 Å². The van der Waals surface area contributed by atoms with Crippen molar-refractivity contribution in [2.45, 2.75) is 47.1 Å². The summed E-state index contributed by atoms with van der Waals surface area (Å²) >= 11 is 0. The Morgan fingerprint density at radius 3 is 2.45 bits per heavy atom. The molecular formula is C27H37N3O3. The molecule has 3 amide bonds. The molecule has 3 N–H and O–H groups in total. The number of amides is 3. The second-order valence-corrected chi connectivity index (χ2v) is 9.04. The van der Waals surface area contributed by atoms with Crippen LogP contribution in [0.5, 0.6) is 5.75 Å². The van der Waals surface area contributed by atoms with Gasteiger partial charge in [0.1, 0.15) is 5.75 Å². The zero-order chi connectivity index (χ0) is 24.4. The molecule has 0 heterocycles. The predicted molar refractivity (Wildman–Crippen MR) is 135 cm³/mol. The molecule has 0 aliphatic carbocycles. The molecule has 0 fully saturated rings. The first kappa shape index (κ1) is 26.0. The molecule has 0 saturated carbocycles. The van der Waals surface area contributed by atoms with E-state index in [0.717, 1.165) is 46.4 Å². The van der Waals surface area contributed by atoms with E-state index in [9.17, 15) is 9.59 Å². The van der Waals surface area contributed by atoms with Gasteiger partial charge in [-0.1, -0.05) is 57.7 Å². The first-order chi connectivity index (χ1) is 15.7. The number of urea groups is 1. The Kier molecular flexibility index (Phi) is 9.52. The number of rotatable bonds is 10. The lowest BCUT2D eigenvalue weighted by atomic mass is 9.95. The van der Waals surface area contributed by atoms with Crippen molar-refractivity contribution in [2.24, 2.45) is 5.41 Å². The van der Waals surface area contributed by atoms with Gasteiger partial charge in [0.2, 0.25) is 5.91 Å². The molecule has 0 atom stereocenters. The number of methoxy groups -OCH3 is 1. The van der Waals surface area contributed by atoms with Gasteiger partial charge in [-0.15, -0.1) is 0 Å². The normalized spacial score (nSPS) is 10.9. The van der Waals surface area contributed by atoms with Crippen molar-refractivity contribution in [1.82, 2.24) is 16.0 Å². The van der Waals surface area contributed by atoms with Gasteiger partial charge in [0.25, 0.3) is 0 Å². The molecule has 0 bridgehead atoms. The van der Waals surface area contributed by atoms with E-state index in [4.69, 9.17) is 4.74 Å². The average Bonchev–Trinajstić information content (AvgIpc) is 2.79. The fourth-order valence-electron chi connectivity index (χ4n) is 3.32. The number of nitrogens with one attached hydrogen (secondary N) is 3. The maximum Gasteiger partial charge on any atom is 0.315 e. The molecule has 33 heavy (non-hydrogen) atoms. The Bertz CT molecular complexity index is 977. The van der Waals surface area contributed by atoms with Crippen LogP contribution in [0.3, 0.4) is 0 Å². The summed E-state index contributed by atoms with van der Waals surface area (Å²) in [6, 6.07) is 14.0. The fourth-order valence-corrected chi connectivity index (χ4v) is 3.32. The molecule has 0 aromatic heterocycles. The lowest BCUT2D eigenvalue weighted by molar-refractivity contribution is -0.128. The van der Waals surface area contributed by atoms with Crippen molar-refractivity contribution in [3.05, 3.63) is 60.2 Å². The molecule has 6 heteroatoms. The number of hydrogen-bond acceptors (Lipinski definition) is 3. The molecule has 0 aliphatic rings. The molecule has 0 unspecified atom stereocenters. The van der Waals surface area contributed by atoms with Crippen LogP contribution in [0.25, 0.3) is 16.7 Å². The van der Waals surface area contributed by atoms with E-state index < -0.39 is 0 Å². The van der Waals surface area contributed by atoms with E-state index in [1.165, 1.54) is 0 Å². The number of allylic oxidation sites excluding steroid dienone is 1. The van der Waals surface area contributed by atoms with Crippen molar-refractivity contribution in [3.8, 4) is 16.9 Å². The number of benzene rings is 2. The first-order valence-electron chi connectivity index (χ1n) is 11.4. The maximum atomic E-state index is 12.0. The second-order valence-electron chi connectivity index (χ2n) is 9.04. The Morgan fingerprint density at radius 1 is 1.03 bits per heavy atom. The fraction of sp³-hybridized carbons (Fsp3) is 0.407. The van der Waals surface area contributed by atoms with E-state index in [1.54, 1.807) is 7.11 Å². The van der Waals surface area contributed by atoms with Crippen molar-refractivity contribution in [2.75, 3.05) is 20.2 Å². The lowest BCUT2D eigenvalue weighted by Crippen LogP contribution is -2.35. The molecule has 2 aromatic carbocycles. The standard InChI is InChI=1S/C27H37N3O3/c1-7-28-26(32)30-18-20-11-8-12-22(16-20)23-14-13-21(17-24(23)33-6)19(2)10-9-15-29-25(31)27(3,4)5/h8,11-14,16-17H,2,7,9-10,15,18H2,1,3-6H3,(H,29,31)(H2,28,30,32). The van der Waals surface area contributed by atoms with Crippen molar-refractivity contribution < 1.29 is 14.3 Å². The van der Waals surface area contributed by atoms with Crippen LogP contribution in [-0.2, 0) is 11.3 Å². The van der Waals surface area contributed by atoms with Crippen LogP contribution in [-0.4, -0.2) is 32.1 Å². The van der Waals surface area contributed by atoms with Crippen LogP contribution >= 0.6 is 0 Å². The summed E-state index contributed by atoms with van der Waals surface area (Å²) in [5.41, 5.74) is 4.65. The minimum Gasteiger partial charge on any atom is -0.496 e. The third-order valence-electron chi connectivity index (χ3n) is 5.26. The SMILES string of the molecule is C=C(CCCNC(=O)C(C)(C)C)c1ccc(-c2cccc(CNC(=O)NCC)c2)c(OC)c1. The summed E-state index contributed by atoms with van der Waals surface area (Å²) in [6.45, 7) is 13.5. The van der Waals surface area contributed by atoms with Gasteiger partial charge >= 0.3 is 6.03 Å². The highest BCUT2D eigenvalue weighted by Crippen LogP contribution is 2.33. The van der Waals surface area contributed by atoms with Gasteiger partial charge in [-0.2, -0.15) is 0 Å². The topological polar surface area (TPSA) is 79.5 Å². The minimum absolute atomic E-state index is 0.0579. The molecule has 0 saturated heterocycles. The number of hydrogen-bond donors (Lipinski definition) is 3. The number of ether oxygens (including phenoxy) is 1. The van der Waals surface area contributed by atoms with Crippen LogP contribution in [0.4, 0.5) is 4.79 Å². The Morgan fingerprint density at radius 2 is 1.79 bits per heavy atom. The van der Waals surface area contributed by atoms with Crippen LogP contribution in [0, 0.1) is 5.41 Å². The van der Waals surface area contributed by atoms with E-state index in [0.29, 0.717) is 19.6 Å². The summed E-state index contributed by atoms with van der Waals surface area (Å²) < 4.78 is 5.68. The van der Waals surface area contributed by atoms with Crippen LogP contribution in [0.15, 0.2) is 49.0 Å². The molecule has 178 valence electrons. The Labute approximate surface area is 197 Å². The summed E-state index contributed by atoms with van der Waals surface area (Å²) in [6.07, 6.45) is 1.61. The molecule has 0 radical (unpaired) electrons. The van der Waals surface area contributed by atoms with Crippen molar-refractivity contribution >= 4 is 17.5 Å². The summed E-state index contributed by atoms with van der Waals surface area (Å²) in [7, 11) is 1.66. The summed E-state index contributed by atoms with van der Waals surface area (Å²) in [4.78, 5) is 23.7. The van der Waals surface area contributed by atoms with Gasteiger partial charge in [-0.25, -0.2) is 4.79 Å². The highest BCUT2D eigenvalue weighted by molar-refractivity contribution is 5.81. The number of carbonyl (C=O) groups excluding carboxylic acids is 2. The molecule has 6 nitrogen and oxygen atoms in total. The predicted octanol–water partition coefficient (Wildman–Crippen LogP) is 5.14. The second kappa shape index (κ2) is 12.1. The molecular weight excluding hydrogens is 414 g/mol. The molecule has 0 aliphatic heterocycles. The average molecular weight is 452 g/mol. The minimum atomic E-state index is -0.379. The molecule has 2 aromatic rings. The highest BCUT2D eigenvalue weighted by atomic mass is 16.5. The van der Waals surface area contributed by atoms with Gasteiger partial charge in [-0.05, 0) is 54.2 Å². The van der Waals surface area contributed by atoms with Gasteiger partial charge in [0.05, 0.1) is 7.11 Å². The lowest BCUT2D eigenvalue weighted by Gasteiger charge is -2.18. The van der Waals surface area contributed by atoms with E-state index in [-0.39, 0.29) is 17.4 Å². The van der Waals surface area contributed by atoms with E-state index in [1.807, 2.05) is 64.1 Å². The van der Waals surface area contributed by atoms with E-state index in [2.05, 4.69) is 28.6 Å². The molecule has 0 spiro atoms. The highest BCUT2D eigenvalue weighted by Gasteiger charge is 2.20. The quantitative estimate of drug-likeness (QED) is 0.438. The van der Waals surface area contributed by atoms with Crippen molar-refractivity contribution in [3.63, 3.8) is 0 Å². The van der Waals surface area contributed by atoms with E-state index >= 15 is 0 Å². The summed E-state index contributed by atoms with van der Waals surface area (Å²) in [5.74, 6) is 0.825. The summed E-state index contributed by atoms with van der Waals surface area (Å²) in [5, 5.41) is 8.56. The van der Waals surface area contributed by atoms with Gasteiger partial charge in [0.15, 0.2) is 0 Å². The first-order valence-corrected chi connectivity index (χ1v) is 11.4. The van der Waals surface area contributed by atoms with Gasteiger partial charge in [-0.3, -0.25) is 4.79 Å². The molecule has 2 rings (SSSR count). The van der Waals surface area contributed by atoms with Crippen LogP contribution in [0.2, 0.25) is 0 Å².